The van der Waals surface area contributed by atoms with Gasteiger partial charge in [-0.05, 0) is 43.6 Å². The van der Waals surface area contributed by atoms with Crippen molar-refractivity contribution < 1.29 is 4.74 Å². The van der Waals surface area contributed by atoms with Gasteiger partial charge in [0.15, 0.2) is 5.96 Å². The highest BCUT2D eigenvalue weighted by Crippen LogP contribution is 2.17. The molecule has 0 radical (unpaired) electrons. The van der Waals surface area contributed by atoms with Crippen LogP contribution in [-0.2, 0) is 6.54 Å². The fourth-order valence-corrected chi connectivity index (χ4v) is 3.20. The molecule has 1 aliphatic carbocycles. The third-order valence-electron chi connectivity index (χ3n) is 4.88. The molecule has 0 bridgehead atoms. The van der Waals surface area contributed by atoms with Gasteiger partial charge in [-0.25, -0.2) is 4.99 Å². The Labute approximate surface area is 175 Å². The number of ether oxygens (including phenoxy) is 1. The lowest BCUT2D eigenvalue weighted by Gasteiger charge is -2.23. The molecule has 1 fully saturated rings. The van der Waals surface area contributed by atoms with Gasteiger partial charge >= 0.3 is 0 Å². The van der Waals surface area contributed by atoms with Crippen LogP contribution in [0.5, 0.6) is 5.75 Å². The molecule has 148 valence electrons. The molecule has 0 aliphatic heterocycles. The zero-order valence-electron chi connectivity index (χ0n) is 16.2. The van der Waals surface area contributed by atoms with Crippen LogP contribution in [0.4, 0.5) is 0 Å². The third-order valence-corrected chi connectivity index (χ3v) is 4.88. The number of benzene rings is 1. The normalized spacial score (nSPS) is 15.6. The second-order valence-corrected chi connectivity index (χ2v) is 6.70. The number of nitrogens with one attached hydrogen (secondary N) is 1. The third kappa shape index (κ3) is 8.58. The molecule has 6 heteroatoms. The van der Waals surface area contributed by atoms with E-state index in [-0.39, 0.29) is 24.0 Å². The van der Waals surface area contributed by atoms with E-state index >= 15 is 0 Å². The van der Waals surface area contributed by atoms with Crippen LogP contribution in [0.25, 0.3) is 0 Å². The quantitative estimate of drug-likeness (QED) is 0.325. The summed E-state index contributed by atoms with van der Waals surface area (Å²) < 4.78 is 5.81. The first kappa shape index (κ1) is 23.0. The molecule has 0 spiro atoms. The molecule has 1 saturated carbocycles. The smallest absolute Gasteiger partial charge is 0.189 e. The minimum absolute atomic E-state index is 0. The second kappa shape index (κ2) is 13.2. The topological polar surface area (TPSA) is 62.9 Å². The maximum atomic E-state index is 6.01. The molecule has 1 aromatic rings. The van der Waals surface area contributed by atoms with E-state index in [1.807, 2.05) is 12.1 Å². The molecular formula is C20H35IN4O. The van der Waals surface area contributed by atoms with Gasteiger partial charge in [0.2, 0.25) is 0 Å². The summed E-state index contributed by atoms with van der Waals surface area (Å²) in [4.78, 5) is 6.81. The maximum absolute atomic E-state index is 6.01. The number of hydrogen-bond acceptors (Lipinski definition) is 3. The molecule has 26 heavy (non-hydrogen) atoms. The molecule has 0 unspecified atom stereocenters. The Kier molecular flexibility index (Phi) is 11.7. The number of likely N-dealkylation sites (N-methyl/N-ethyl adjacent to an activating group) is 1. The molecule has 0 atom stereocenters. The summed E-state index contributed by atoms with van der Waals surface area (Å²) in [6.45, 7) is 8.76. The zero-order valence-corrected chi connectivity index (χ0v) is 18.6. The molecule has 1 aliphatic rings. The summed E-state index contributed by atoms with van der Waals surface area (Å²) >= 11 is 0. The van der Waals surface area contributed by atoms with Crippen LogP contribution in [0.3, 0.4) is 0 Å². The summed E-state index contributed by atoms with van der Waals surface area (Å²) in [7, 11) is 0. The van der Waals surface area contributed by atoms with E-state index in [1.54, 1.807) is 0 Å². The number of guanidine groups is 1. The lowest BCUT2D eigenvalue weighted by atomic mass is 9.96. The minimum atomic E-state index is 0. The lowest BCUT2D eigenvalue weighted by molar-refractivity contribution is 0.223. The first-order valence-corrected chi connectivity index (χ1v) is 9.71. The van der Waals surface area contributed by atoms with Gasteiger partial charge in [0, 0.05) is 12.6 Å². The van der Waals surface area contributed by atoms with Crippen LogP contribution >= 0.6 is 24.0 Å². The first-order valence-electron chi connectivity index (χ1n) is 9.71. The van der Waals surface area contributed by atoms with E-state index in [2.05, 4.69) is 41.2 Å². The van der Waals surface area contributed by atoms with Crippen molar-refractivity contribution in [3.8, 4) is 5.75 Å². The highest BCUT2D eigenvalue weighted by Gasteiger charge is 2.13. The van der Waals surface area contributed by atoms with Crippen LogP contribution < -0.4 is 15.8 Å². The predicted molar refractivity (Wildman–Crippen MR) is 120 cm³/mol. The highest BCUT2D eigenvalue weighted by atomic mass is 127. The van der Waals surface area contributed by atoms with E-state index in [1.165, 1.54) is 32.1 Å². The Balaban J connectivity index is 0.00000338. The van der Waals surface area contributed by atoms with Crippen LogP contribution in [0.1, 0.15) is 51.5 Å². The summed E-state index contributed by atoms with van der Waals surface area (Å²) in [6, 6.07) is 8.64. The fourth-order valence-electron chi connectivity index (χ4n) is 3.20. The summed E-state index contributed by atoms with van der Waals surface area (Å²) in [5.74, 6) is 1.47. The van der Waals surface area contributed by atoms with Crippen molar-refractivity contribution in [2.75, 3.05) is 26.2 Å². The molecule has 0 heterocycles. The second-order valence-electron chi connectivity index (χ2n) is 6.70. The van der Waals surface area contributed by atoms with Crippen LogP contribution in [0, 0.1) is 0 Å². The van der Waals surface area contributed by atoms with Crippen molar-refractivity contribution in [3.05, 3.63) is 29.8 Å². The van der Waals surface area contributed by atoms with Crippen LogP contribution in [0.2, 0.25) is 0 Å². The van der Waals surface area contributed by atoms with Gasteiger partial charge in [0.05, 0.1) is 6.54 Å². The van der Waals surface area contributed by atoms with Gasteiger partial charge in [-0.15, -0.1) is 24.0 Å². The number of rotatable bonds is 9. The van der Waals surface area contributed by atoms with E-state index in [9.17, 15) is 0 Å². The van der Waals surface area contributed by atoms with Crippen molar-refractivity contribution in [2.45, 2.75) is 58.5 Å². The van der Waals surface area contributed by atoms with Crippen molar-refractivity contribution in [2.24, 2.45) is 10.7 Å². The first-order chi connectivity index (χ1) is 12.2. The van der Waals surface area contributed by atoms with E-state index in [4.69, 9.17) is 10.5 Å². The van der Waals surface area contributed by atoms with Gasteiger partial charge in [-0.3, -0.25) is 0 Å². The lowest BCUT2D eigenvalue weighted by Crippen LogP contribution is -2.41. The number of halogens is 1. The van der Waals surface area contributed by atoms with E-state index in [0.717, 1.165) is 37.6 Å². The average Bonchev–Trinajstić information content (AvgIpc) is 2.65. The Hall–Kier alpha value is -1.02. The van der Waals surface area contributed by atoms with Gasteiger partial charge in [0.25, 0.3) is 0 Å². The monoisotopic (exact) mass is 474 g/mol. The molecule has 1 aromatic carbocycles. The van der Waals surface area contributed by atoms with Crippen molar-refractivity contribution in [3.63, 3.8) is 0 Å². The SMILES string of the molecule is CCN(CC)CCOc1ccc(CN=C(N)NC2CCCCC2)cc1.I. The van der Waals surface area contributed by atoms with Gasteiger partial charge in [-0.2, -0.15) is 0 Å². The predicted octanol–water partition coefficient (Wildman–Crippen LogP) is 3.76. The Morgan fingerprint density at radius 3 is 2.42 bits per heavy atom. The molecular weight excluding hydrogens is 439 g/mol. The number of nitrogens with two attached hydrogens (primary N) is 1. The van der Waals surface area contributed by atoms with Crippen LogP contribution in [-0.4, -0.2) is 43.1 Å². The van der Waals surface area contributed by atoms with Gasteiger partial charge in [0.1, 0.15) is 12.4 Å². The van der Waals surface area contributed by atoms with E-state index < -0.39 is 0 Å². The molecule has 0 saturated heterocycles. The Morgan fingerprint density at radius 2 is 1.81 bits per heavy atom. The van der Waals surface area contributed by atoms with Crippen molar-refractivity contribution >= 4 is 29.9 Å². The number of nitrogens with zero attached hydrogens (tertiary/aromatic N) is 2. The van der Waals surface area contributed by atoms with E-state index in [0.29, 0.717) is 18.5 Å². The number of aliphatic imine (C=N–C) groups is 1. The molecule has 0 amide bonds. The minimum Gasteiger partial charge on any atom is -0.492 e. The van der Waals surface area contributed by atoms with Crippen LogP contribution in [0.15, 0.2) is 29.3 Å². The largest absolute Gasteiger partial charge is 0.492 e. The Bertz CT molecular complexity index is 511. The Morgan fingerprint density at radius 1 is 1.15 bits per heavy atom. The van der Waals surface area contributed by atoms with Gasteiger partial charge in [-0.1, -0.05) is 45.2 Å². The zero-order chi connectivity index (χ0) is 17.9. The maximum Gasteiger partial charge on any atom is 0.189 e. The molecule has 5 nitrogen and oxygen atoms in total. The highest BCUT2D eigenvalue weighted by molar-refractivity contribution is 14.0. The fraction of sp³-hybridized carbons (Fsp3) is 0.650. The summed E-state index contributed by atoms with van der Waals surface area (Å²) in [5, 5.41) is 3.35. The summed E-state index contributed by atoms with van der Waals surface area (Å²) in [6.07, 6.45) is 6.34. The van der Waals surface area contributed by atoms with Crippen molar-refractivity contribution in [1.29, 1.82) is 0 Å². The molecule has 2 rings (SSSR count). The average molecular weight is 474 g/mol. The van der Waals surface area contributed by atoms with Crippen molar-refractivity contribution in [1.82, 2.24) is 10.2 Å². The summed E-state index contributed by atoms with van der Waals surface area (Å²) in [5.41, 5.74) is 7.16. The number of hydrogen-bond donors (Lipinski definition) is 2. The molecule has 0 aromatic heterocycles. The standard InChI is InChI=1S/C20H34N4O.HI/c1-3-24(4-2)14-15-25-19-12-10-17(11-13-19)16-22-20(21)23-18-8-6-5-7-9-18;/h10-13,18H,3-9,14-16H2,1-2H3,(H3,21,22,23);1H. The molecule has 3 N–H and O–H groups in total. The van der Waals surface area contributed by atoms with Gasteiger partial charge < -0.3 is 20.7 Å².